The Morgan fingerprint density at radius 3 is 2.61 bits per heavy atom. The Bertz CT molecular complexity index is 927. The van der Waals surface area contributed by atoms with Gasteiger partial charge in [-0.05, 0) is 25.0 Å². The molecule has 0 amide bonds. The summed E-state index contributed by atoms with van der Waals surface area (Å²) >= 11 is 0. The van der Waals surface area contributed by atoms with Crippen LogP contribution in [0.5, 0.6) is 0 Å². The molecule has 4 heterocycles. The van der Waals surface area contributed by atoms with Crippen molar-refractivity contribution in [2.75, 3.05) is 36.5 Å². The second-order valence-electron chi connectivity index (χ2n) is 7.48. The number of hydrogen-bond donors (Lipinski definition) is 1. The fraction of sp³-hybridized carbons (Fsp3) is 0.500. The Kier molecular flexibility index (Phi) is 4.78. The van der Waals surface area contributed by atoms with Crippen molar-refractivity contribution in [1.82, 2.24) is 24.7 Å². The molecule has 2 fully saturated rings. The number of anilines is 3. The molecule has 3 aromatic heterocycles. The first-order valence-electron chi connectivity index (χ1n) is 10.1. The Morgan fingerprint density at radius 1 is 0.964 bits per heavy atom. The van der Waals surface area contributed by atoms with Crippen molar-refractivity contribution in [2.24, 2.45) is 0 Å². The van der Waals surface area contributed by atoms with Crippen LogP contribution >= 0.6 is 0 Å². The van der Waals surface area contributed by atoms with Crippen LogP contribution < -0.4 is 10.2 Å². The second-order valence-corrected chi connectivity index (χ2v) is 7.48. The number of fused-ring (bicyclic) bond motifs is 1. The maximum Gasteiger partial charge on any atom is 0.230 e. The van der Waals surface area contributed by atoms with Gasteiger partial charge < -0.3 is 15.0 Å². The van der Waals surface area contributed by atoms with Crippen LogP contribution in [0, 0.1) is 0 Å². The molecule has 8 nitrogen and oxygen atoms in total. The van der Waals surface area contributed by atoms with E-state index in [1.807, 2.05) is 24.7 Å². The van der Waals surface area contributed by atoms with E-state index >= 15 is 0 Å². The number of hydrogen-bond acceptors (Lipinski definition) is 7. The van der Waals surface area contributed by atoms with Crippen molar-refractivity contribution in [3.63, 3.8) is 0 Å². The largest absolute Gasteiger partial charge is 0.378 e. The average Bonchev–Trinajstić information content (AvgIpc) is 3.19. The standard InChI is InChI=1S/C20H25N7O/c1-2-4-16(5-3-1)27-19-15(13-23-27)12-22-20(25-19)24-18-7-6-17(14-21-18)26-8-10-28-11-9-26/h6-7,12-14,16H,1-5,8-11H2,(H,21,22,24,25). The first-order valence-corrected chi connectivity index (χ1v) is 10.1. The average molecular weight is 379 g/mol. The molecule has 3 aromatic rings. The summed E-state index contributed by atoms with van der Waals surface area (Å²) in [6.07, 6.45) is 11.8. The van der Waals surface area contributed by atoms with E-state index in [0.29, 0.717) is 12.0 Å². The topological polar surface area (TPSA) is 81.0 Å². The number of rotatable bonds is 4. The van der Waals surface area contributed by atoms with Crippen molar-refractivity contribution in [2.45, 2.75) is 38.1 Å². The molecule has 0 radical (unpaired) electrons. The van der Waals surface area contributed by atoms with Crippen LogP contribution in [0.2, 0.25) is 0 Å². The highest BCUT2D eigenvalue weighted by atomic mass is 16.5. The third kappa shape index (κ3) is 3.52. The van der Waals surface area contributed by atoms with Gasteiger partial charge in [0.1, 0.15) is 5.82 Å². The minimum Gasteiger partial charge on any atom is -0.378 e. The molecule has 1 saturated heterocycles. The van der Waals surface area contributed by atoms with E-state index < -0.39 is 0 Å². The highest BCUT2D eigenvalue weighted by molar-refractivity contribution is 5.75. The predicted octanol–water partition coefficient (Wildman–Crippen LogP) is 3.31. The van der Waals surface area contributed by atoms with E-state index in [-0.39, 0.29) is 0 Å². The lowest BCUT2D eigenvalue weighted by atomic mass is 9.96. The van der Waals surface area contributed by atoms with Crippen LogP contribution in [-0.4, -0.2) is 51.0 Å². The zero-order valence-corrected chi connectivity index (χ0v) is 15.9. The summed E-state index contributed by atoms with van der Waals surface area (Å²) in [7, 11) is 0. The monoisotopic (exact) mass is 379 g/mol. The fourth-order valence-corrected chi connectivity index (χ4v) is 4.07. The summed E-state index contributed by atoms with van der Waals surface area (Å²) in [6.45, 7) is 3.34. The number of pyridine rings is 1. The molecule has 0 aromatic carbocycles. The van der Waals surface area contributed by atoms with Crippen molar-refractivity contribution < 1.29 is 4.74 Å². The van der Waals surface area contributed by atoms with Crippen LogP contribution in [0.15, 0.2) is 30.7 Å². The van der Waals surface area contributed by atoms with Gasteiger partial charge in [-0.1, -0.05) is 19.3 Å². The molecular weight excluding hydrogens is 354 g/mol. The van der Waals surface area contributed by atoms with Gasteiger partial charge in [0.25, 0.3) is 0 Å². The van der Waals surface area contributed by atoms with E-state index in [9.17, 15) is 0 Å². The van der Waals surface area contributed by atoms with E-state index in [1.165, 1.54) is 32.1 Å². The predicted molar refractivity (Wildman–Crippen MR) is 108 cm³/mol. The molecule has 28 heavy (non-hydrogen) atoms. The molecule has 1 saturated carbocycles. The van der Waals surface area contributed by atoms with Gasteiger partial charge in [0.15, 0.2) is 5.65 Å². The minimum atomic E-state index is 0.444. The van der Waals surface area contributed by atoms with Crippen LogP contribution in [0.1, 0.15) is 38.1 Å². The molecule has 5 rings (SSSR count). The summed E-state index contributed by atoms with van der Waals surface area (Å²) in [5, 5.41) is 8.79. The van der Waals surface area contributed by atoms with Gasteiger partial charge >= 0.3 is 0 Å². The van der Waals surface area contributed by atoms with Crippen molar-refractivity contribution >= 4 is 28.5 Å². The second kappa shape index (κ2) is 7.71. The van der Waals surface area contributed by atoms with Crippen LogP contribution in [-0.2, 0) is 4.74 Å². The van der Waals surface area contributed by atoms with Crippen LogP contribution in [0.25, 0.3) is 11.0 Å². The van der Waals surface area contributed by atoms with E-state index in [4.69, 9.17) is 9.72 Å². The molecule has 2 aliphatic rings. The highest BCUT2D eigenvalue weighted by Crippen LogP contribution is 2.30. The van der Waals surface area contributed by atoms with Gasteiger partial charge in [-0.15, -0.1) is 0 Å². The zero-order chi connectivity index (χ0) is 18.8. The lowest BCUT2D eigenvalue weighted by Gasteiger charge is -2.28. The van der Waals surface area contributed by atoms with Gasteiger partial charge in [-0.3, -0.25) is 0 Å². The number of nitrogens with zero attached hydrogens (tertiary/aromatic N) is 6. The summed E-state index contributed by atoms with van der Waals surface area (Å²) in [4.78, 5) is 16.0. The number of nitrogens with one attached hydrogen (secondary N) is 1. The fourth-order valence-electron chi connectivity index (χ4n) is 4.07. The summed E-state index contributed by atoms with van der Waals surface area (Å²) < 4.78 is 7.49. The smallest absolute Gasteiger partial charge is 0.230 e. The maximum atomic E-state index is 5.41. The van der Waals surface area contributed by atoms with Gasteiger partial charge in [-0.25, -0.2) is 14.6 Å². The molecule has 1 N–H and O–H groups in total. The highest BCUT2D eigenvalue weighted by Gasteiger charge is 2.19. The Morgan fingerprint density at radius 2 is 1.82 bits per heavy atom. The number of ether oxygens (including phenoxy) is 1. The lowest BCUT2D eigenvalue weighted by molar-refractivity contribution is 0.122. The van der Waals surface area contributed by atoms with Gasteiger partial charge in [-0.2, -0.15) is 10.1 Å². The molecule has 1 aliphatic carbocycles. The molecule has 8 heteroatoms. The van der Waals surface area contributed by atoms with Crippen molar-refractivity contribution in [3.8, 4) is 0 Å². The summed E-state index contributed by atoms with van der Waals surface area (Å²) in [5.74, 6) is 1.29. The number of aromatic nitrogens is 5. The van der Waals surface area contributed by atoms with E-state index in [0.717, 1.165) is 48.8 Å². The molecule has 1 aliphatic heterocycles. The van der Waals surface area contributed by atoms with Crippen molar-refractivity contribution in [1.29, 1.82) is 0 Å². The Balaban J connectivity index is 1.34. The van der Waals surface area contributed by atoms with Gasteiger partial charge in [0, 0.05) is 19.3 Å². The molecule has 0 spiro atoms. The maximum absolute atomic E-state index is 5.41. The molecule has 146 valence electrons. The SMILES string of the molecule is c1cc(Nc2ncc3cnn(C4CCCCC4)c3n2)ncc1N1CCOCC1. The first-order chi connectivity index (χ1) is 13.9. The van der Waals surface area contributed by atoms with Gasteiger partial charge in [0.2, 0.25) is 5.95 Å². The van der Waals surface area contributed by atoms with Gasteiger partial charge in [0.05, 0.1) is 42.7 Å². The lowest BCUT2D eigenvalue weighted by Crippen LogP contribution is -2.36. The normalized spacial score (nSPS) is 18.5. The van der Waals surface area contributed by atoms with Crippen molar-refractivity contribution in [3.05, 3.63) is 30.7 Å². The number of morpholine rings is 1. The van der Waals surface area contributed by atoms with Crippen LogP contribution in [0.3, 0.4) is 0 Å². The third-order valence-corrected chi connectivity index (χ3v) is 5.62. The Labute approximate surface area is 163 Å². The molecule has 0 bridgehead atoms. The molecule has 0 atom stereocenters. The first kappa shape index (κ1) is 17.4. The summed E-state index contributed by atoms with van der Waals surface area (Å²) in [6, 6.07) is 4.49. The summed E-state index contributed by atoms with van der Waals surface area (Å²) in [5.41, 5.74) is 2.01. The van der Waals surface area contributed by atoms with E-state index in [2.05, 4.69) is 36.0 Å². The zero-order valence-electron chi connectivity index (χ0n) is 15.9. The quantitative estimate of drug-likeness (QED) is 0.745. The molecular formula is C20H25N7O. The Hall–Kier alpha value is -2.74. The minimum absolute atomic E-state index is 0.444. The molecule has 0 unspecified atom stereocenters. The van der Waals surface area contributed by atoms with E-state index in [1.54, 1.807) is 0 Å². The third-order valence-electron chi connectivity index (χ3n) is 5.62. The van der Waals surface area contributed by atoms with Crippen LogP contribution in [0.4, 0.5) is 17.5 Å².